The van der Waals surface area contributed by atoms with Gasteiger partial charge in [-0.3, -0.25) is 23.9 Å². The molecule has 0 aliphatic carbocycles. The van der Waals surface area contributed by atoms with Crippen LogP contribution in [0.1, 0.15) is 30.0 Å². The maximum Gasteiger partial charge on any atom is 0.305 e. The lowest BCUT2D eigenvalue weighted by atomic mass is 10.0. The Labute approximate surface area is 224 Å². The number of nitrogens with zero attached hydrogens (tertiary/aromatic N) is 5. The first-order valence-corrected chi connectivity index (χ1v) is 13.2. The number of aromatic nitrogens is 1. The van der Waals surface area contributed by atoms with Crippen LogP contribution in [0.2, 0.25) is 0 Å². The first kappa shape index (κ1) is 26.4. The third-order valence-corrected chi connectivity index (χ3v) is 7.94. The zero-order valence-electron chi connectivity index (χ0n) is 20.6. The second-order valence-corrected chi connectivity index (χ2v) is 10.4. The van der Waals surface area contributed by atoms with Crippen LogP contribution in [0.15, 0.2) is 40.0 Å². The van der Waals surface area contributed by atoms with Crippen LogP contribution in [0.5, 0.6) is 0 Å². The highest BCUT2D eigenvalue weighted by Gasteiger charge is 2.33. The summed E-state index contributed by atoms with van der Waals surface area (Å²) in [6.45, 7) is 6.73. The molecular weight excluding hydrogens is 510 g/mol. The van der Waals surface area contributed by atoms with E-state index in [0.717, 1.165) is 30.5 Å². The highest BCUT2D eigenvalue weighted by atomic mass is 32.2. The predicted molar refractivity (Wildman–Crippen MR) is 149 cm³/mol. The molecule has 2 aliphatic rings. The van der Waals surface area contributed by atoms with E-state index in [2.05, 4.69) is 21.9 Å². The lowest BCUT2D eigenvalue weighted by molar-refractivity contribution is -0.137. The molecule has 1 aromatic heterocycles. The Kier molecular flexibility index (Phi) is 8.00. The molecule has 2 aliphatic heterocycles. The summed E-state index contributed by atoms with van der Waals surface area (Å²) in [7, 11) is 0. The number of carboxylic acid groups (broad SMARTS) is 1. The largest absolute Gasteiger partial charge is 0.481 e. The van der Waals surface area contributed by atoms with Crippen LogP contribution in [0.4, 0.5) is 11.5 Å². The molecule has 1 N–H and O–H groups in total. The van der Waals surface area contributed by atoms with Gasteiger partial charge in [0.1, 0.15) is 21.8 Å². The number of benzene rings is 1. The van der Waals surface area contributed by atoms with Crippen molar-refractivity contribution in [2.24, 2.45) is 0 Å². The Morgan fingerprint density at radius 2 is 1.81 bits per heavy atom. The number of carboxylic acids is 1. The van der Waals surface area contributed by atoms with Gasteiger partial charge in [-0.2, -0.15) is 5.26 Å². The van der Waals surface area contributed by atoms with E-state index in [1.54, 1.807) is 17.6 Å². The van der Waals surface area contributed by atoms with Crippen molar-refractivity contribution in [3.63, 3.8) is 0 Å². The molecule has 0 unspecified atom stereocenters. The Morgan fingerprint density at radius 1 is 1.16 bits per heavy atom. The van der Waals surface area contributed by atoms with Crippen LogP contribution in [-0.4, -0.2) is 63.5 Å². The summed E-state index contributed by atoms with van der Waals surface area (Å²) in [6, 6.07) is 12.2. The minimum Gasteiger partial charge on any atom is -0.481 e. The Balaban J connectivity index is 1.74. The SMILES string of the molecule is CCn1c(N2CCN(c3ccccc3)CC2)c(C=C2SC(=S)N(CCC(=O)O)C2=O)c(C)c(C#N)c1=O. The van der Waals surface area contributed by atoms with E-state index in [1.165, 1.54) is 4.90 Å². The van der Waals surface area contributed by atoms with Gasteiger partial charge in [0.25, 0.3) is 11.5 Å². The third-order valence-electron chi connectivity index (χ3n) is 6.56. The summed E-state index contributed by atoms with van der Waals surface area (Å²) in [5.41, 5.74) is 1.96. The molecule has 0 atom stereocenters. The number of carbonyl (C=O) groups excluding carboxylic acids is 1. The number of amides is 1. The standard InChI is InChI=1S/C26H27N5O4S2/c1-3-30-23(29-13-11-28(12-14-29)18-7-5-4-6-8-18)19(17(2)20(16-27)24(30)34)15-21-25(35)31(26(36)37-21)10-9-22(32)33/h4-8,15H,3,9-14H2,1-2H3,(H,32,33). The normalized spacial score (nSPS) is 17.0. The van der Waals surface area contributed by atoms with Crippen molar-refractivity contribution in [2.75, 3.05) is 42.5 Å². The number of thiocarbonyl (C=S) groups is 1. The number of nitriles is 1. The molecule has 0 saturated carbocycles. The fourth-order valence-electron chi connectivity index (χ4n) is 4.62. The first-order chi connectivity index (χ1) is 17.8. The van der Waals surface area contributed by atoms with Crippen molar-refractivity contribution in [3.05, 3.63) is 62.3 Å². The maximum atomic E-state index is 13.2. The van der Waals surface area contributed by atoms with Gasteiger partial charge in [0, 0.05) is 50.5 Å². The van der Waals surface area contributed by atoms with Crippen LogP contribution < -0.4 is 15.4 Å². The van der Waals surface area contributed by atoms with Crippen molar-refractivity contribution < 1.29 is 14.7 Å². The monoisotopic (exact) mass is 537 g/mol. The predicted octanol–water partition coefficient (Wildman–Crippen LogP) is 3.05. The number of pyridine rings is 1. The van der Waals surface area contributed by atoms with Gasteiger partial charge in [-0.15, -0.1) is 0 Å². The summed E-state index contributed by atoms with van der Waals surface area (Å²) < 4.78 is 1.89. The fraction of sp³-hybridized carbons (Fsp3) is 0.346. The summed E-state index contributed by atoms with van der Waals surface area (Å²) >= 11 is 6.44. The summed E-state index contributed by atoms with van der Waals surface area (Å²) in [6.07, 6.45) is 1.48. The van der Waals surface area contributed by atoms with Crippen LogP contribution in [0.25, 0.3) is 6.08 Å². The number of para-hydroxylation sites is 1. The Hall–Kier alpha value is -3.62. The van der Waals surface area contributed by atoms with Crippen LogP contribution in [0.3, 0.4) is 0 Å². The van der Waals surface area contributed by atoms with Crippen molar-refractivity contribution in [2.45, 2.75) is 26.8 Å². The molecule has 9 nitrogen and oxygen atoms in total. The zero-order chi connectivity index (χ0) is 26.7. The molecule has 2 aromatic rings. The van der Waals surface area contributed by atoms with Gasteiger partial charge in [-0.25, -0.2) is 0 Å². The molecule has 4 rings (SSSR count). The average molecular weight is 538 g/mol. The molecule has 192 valence electrons. The molecule has 1 aromatic carbocycles. The molecule has 3 heterocycles. The molecule has 0 bridgehead atoms. The summed E-state index contributed by atoms with van der Waals surface area (Å²) in [5, 5.41) is 18.8. The first-order valence-electron chi connectivity index (χ1n) is 12.0. The number of thioether (sulfide) groups is 1. The lowest BCUT2D eigenvalue weighted by Gasteiger charge is -2.39. The van der Waals surface area contributed by atoms with E-state index < -0.39 is 5.97 Å². The van der Waals surface area contributed by atoms with Crippen molar-refractivity contribution in [1.82, 2.24) is 9.47 Å². The number of piperazine rings is 1. The van der Waals surface area contributed by atoms with Crippen molar-refractivity contribution >= 4 is 57.8 Å². The van der Waals surface area contributed by atoms with Gasteiger partial charge >= 0.3 is 5.97 Å². The number of carbonyl (C=O) groups is 2. The third kappa shape index (κ3) is 5.26. The molecular formula is C26H27N5O4S2. The topological polar surface area (TPSA) is 110 Å². The van der Waals surface area contributed by atoms with Gasteiger partial charge < -0.3 is 14.9 Å². The highest BCUT2D eigenvalue weighted by molar-refractivity contribution is 8.26. The molecule has 1 amide bonds. The van der Waals surface area contributed by atoms with Crippen molar-refractivity contribution in [3.8, 4) is 6.07 Å². The summed E-state index contributed by atoms with van der Waals surface area (Å²) in [5.74, 6) is -0.713. The molecule has 37 heavy (non-hydrogen) atoms. The van der Waals surface area contributed by atoms with E-state index >= 15 is 0 Å². The minimum absolute atomic E-state index is 0.0114. The number of hydrogen-bond acceptors (Lipinski definition) is 8. The van der Waals surface area contributed by atoms with E-state index in [4.69, 9.17) is 17.3 Å². The number of hydrogen-bond donors (Lipinski definition) is 1. The average Bonchev–Trinajstić information content (AvgIpc) is 3.16. The highest BCUT2D eigenvalue weighted by Crippen LogP contribution is 2.36. The number of rotatable bonds is 7. The second-order valence-electron chi connectivity index (χ2n) is 8.69. The van der Waals surface area contributed by atoms with Gasteiger partial charge in [0.05, 0.1) is 11.3 Å². The van der Waals surface area contributed by atoms with Gasteiger partial charge in [0.15, 0.2) is 0 Å². The van der Waals surface area contributed by atoms with Gasteiger partial charge in [-0.05, 0) is 37.6 Å². The van der Waals surface area contributed by atoms with Gasteiger partial charge in [0.2, 0.25) is 0 Å². The smallest absolute Gasteiger partial charge is 0.305 e. The van der Waals surface area contributed by atoms with E-state index in [1.807, 2.05) is 31.2 Å². The number of aliphatic carboxylic acids is 1. The quantitative estimate of drug-likeness (QED) is 0.421. The molecule has 2 saturated heterocycles. The fourth-order valence-corrected chi connectivity index (χ4v) is 5.92. The second kappa shape index (κ2) is 11.2. The van der Waals surface area contributed by atoms with Crippen molar-refractivity contribution in [1.29, 1.82) is 5.26 Å². The van der Waals surface area contributed by atoms with Crippen LogP contribution >= 0.6 is 24.0 Å². The molecule has 0 radical (unpaired) electrons. The lowest BCUT2D eigenvalue weighted by Crippen LogP contribution is -2.48. The molecule has 11 heteroatoms. The molecule has 2 fully saturated rings. The minimum atomic E-state index is -1.01. The van der Waals surface area contributed by atoms with E-state index in [0.29, 0.717) is 41.5 Å². The number of anilines is 2. The van der Waals surface area contributed by atoms with Crippen LogP contribution in [0, 0.1) is 18.3 Å². The van der Waals surface area contributed by atoms with Crippen LogP contribution in [-0.2, 0) is 16.1 Å². The maximum absolute atomic E-state index is 13.2. The van der Waals surface area contributed by atoms with Gasteiger partial charge in [-0.1, -0.05) is 42.2 Å². The molecule has 0 spiro atoms. The summed E-state index contributed by atoms with van der Waals surface area (Å²) in [4.78, 5) is 43.4. The Bertz CT molecular complexity index is 1370. The Morgan fingerprint density at radius 3 is 2.41 bits per heavy atom. The van der Waals surface area contributed by atoms with E-state index in [9.17, 15) is 19.6 Å². The zero-order valence-corrected chi connectivity index (χ0v) is 22.3. The van der Waals surface area contributed by atoms with E-state index in [-0.39, 0.29) is 34.3 Å².